The van der Waals surface area contributed by atoms with Crippen LogP contribution in [-0.2, 0) is 6.54 Å². The second-order valence-corrected chi connectivity index (χ2v) is 7.79. The Morgan fingerprint density at radius 2 is 1.74 bits per heavy atom. The second-order valence-electron chi connectivity index (χ2n) is 7.41. The van der Waals surface area contributed by atoms with Crippen LogP contribution in [-0.4, -0.2) is 43.0 Å². The van der Waals surface area contributed by atoms with Crippen LogP contribution in [0.15, 0.2) is 36.4 Å². The number of benzene rings is 2. The van der Waals surface area contributed by atoms with Gasteiger partial charge in [-0.1, -0.05) is 6.07 Å². The number of rotatable bonds is 3. The molecule has 5 nitrogen and oxygen atoms in total. The SMILES string of the molecule is Cc1cc(C)cc(NC(=S)N2CC[NH+](Cc3ccc4c(c3)OCO4)CC2)c1. The van der Waals surface area contributed by atoms with Crippen LogP contribution in [0.1, 0.15) is 16.7 Å². The number of ether oxygens (including phenoxy) is 2. The van der Waals surface area contributed by atoms with Gasteiger partial charge in [0.15, 0.2) is 16.6 Å². The van der Waals surface area contributed by atoms with Gasteiger partial charge in [-0.05, 0) is 67.5 Å². The molecule has 2 N–H and O–H groups in total. The molecule has 0 unspecified atom stereocenters. The molecule has 0 bridgehead atoms. The van der Waals surface area contributed by atoms with E-state index in [2.05, 4.69) is 54.4 Å². The van der Waals surface area contributed by atoms with Crippen LogP contribution < -0.4 is 19.7 Å². The summed E-state index contributed by atoms with van der Waals surface area (Å²) in [5, 5.41) is 4.23. The summed E-state index contributed by atoms with van der Waals surface area (Å²) >= 11 is 5.64. The lowest BCUT2D eigenvalue weighted by Crippen LogP contribution is -3.13. The first-order valence-corrected chi connectivity index (χ1v) is 9.84. The smallest absolute Gasteiger partial charge is 0.231 e. The lowest BCUT2D eigenvalue weighted by Gasteiger charge is -2.34. The summed E-state index contributed by atoms with van der Waals surface area (Å²) in [4.78, 5) is 3.84. The quantitative estimate of drug-likeness (QED) is 0.794. The Morgan fingerprint density at radius 3 is 2.48 bits per heavy atom. The zero-order chi connectivity index (χ0) is 18.8. The molecule has 1 saturated heterocycles. The molecule has 6 heteroatoms. The van der Waals surface area contributed by atoms with Gasteiger partial charge in [-0.2, -0.15) is 0 Å². The number of quaternary nitrogens is 1. The van der Waals surface area contributed by atoms with Gasteiger partial charge in [0, 0.05) is 11.3 Å². The number of anilines is 1. The zero-order valence-corrected chi connectivity index (χ0v) is 16.7. The lowest BCUT2D eigenvalue weighted by molar-refractivity contribution is -0.917. The first-order valence-electron chi connectivity index (χ1n) is 9.43. The summed E-state index contributed by atoms with van der Waals surface area (Å²) in [5.41, 5.74) is 4.86. The van der Waals surface area contributed by atoms with E-state index in [1.807, 2.05) is 6.07 Å². The van der Waals surface area contributed by atoms with E-state index >= 15 is 0 Å². The highest BCUT2D eigenvalue weighted by Gasteiger charge is 2.23. The van der Waals surface area contributed by atoms with Gasteiger partial charge in [-0.15, -0.1) is 0 Å². The van der Waals surface area contributed by atoms with Crippen molar-refractivity contribution in [2.45, 2.75) is 20.4 Å². The van der Waals surface area contributed by atoms with Crippen molar-refractivity contribution in [2.24, 2.45) is 0 Å². The van der Waals surface area contributed by atoms with Crippen LogP contribution in [0.5, 0.6) is 11.5 Å². The summed E-state index contributed by atoms with van der Waals surface area (Å²) in [6, 6.07) is 12.7. The molecular weight excluding hydrogens is 358 g/mol. The molecule has 2 aliphatic heterocycles. The molecule has 0 aromatic heterocycles. The molecule has 0 spiro atoms. The van der Waals surface area contributed by atoms with Crippen LogP contribution in [0.2, 0.25) is 0 Å². The third kappa shape index (κ3) is 4.34. The van der Waals surface area contributed by atoms with Gasteiger partial charge >= 0.3 is 0 Å². The molecule has 2 heterocycles. The molecule has 0 amide bonds. The van der Waals surface area contributed by atoms with Gasteiger partial charge in [-0.25, -0.2) is 0 Å². The Labute approximate surface area is 165 Å². The molecule has 0 saturated carbocycles. The molecule has 2 aliphatic rings. The van der Waals surface area contributed by atoms with Crippen molar-refractivity contribution in [3.8, 4) is 11.5 Å². The lowest BCUT2D eigenvalue weighted by atomic mass is 10.1. The van der Waals surface area contributed by atoms with Crippen LogP contribution in [0.4, 0.5) is 5.69 Å². The average Bonchev–Trinajstić information content (AvgIpc) is 3.09. The van der Waals surface area contributed by atoms with Crippen LogP contribution in [0.3, 0.4) is 0 Å². The maximum Gasteiger partial charge on any atom is 0.231 e. The third-order valence-corrected chi connectivity index (χ3v) is 5.48. The molecular formula is C21H26N3O2S+. The topological polar surface area (TPSA) is 38.2 Å². The van der Waals surface area contributed by atoms with E-state index in [0.717, 1.165) is 55.0 Å². The van der Waals surface area contributed by atoms with Crippen LogP contribution in [0.25, 0.3) is 0 Å². The number of aryl methyl sites for hydroxylation is 2. The standard InChI is InChI=1S/C21H25N3O2S/c1-15-9-16(2)11-18(10-15)22-21(27)24-7-5-23(6-8-24)13-17-3-4-19-20(12-17)26-14-25-19/h3-4,9-12H,5-8,13-14H2,1-2H3,(H,22,27)/p+1. The van der Waals surface area contributed by atoms with E-state index in [0.29, 0.717) is 6.79 Å². The molecule has 2 aromatic rings. The average molecular weight is 385 g/mol. The minimum atomic E-state index is 0.329. The number of hydrogen-bond donors (Lipinski definition) is 2. The summed E-state index contributed by atoms with van der Waals surface area (Å²) in [6.07, 6.45) is 0. The number of nitrogens with one attached hydrogen (secondary N) is 2. The largest absolute Gasteiger partial charge is 0.454 e. The summed E-state index contributed by atoms with van der Waals surface area (Å²) in [5.74, 6) is 1.71. The predicted molar refractivity (Wildman–Crippen MR) is 111 cm³/mol. The number of piperazine rings is 1. The molecule has 0 atom stereocenters. The fourth-order valence-corrected chi connectivity index (χ4v) is 4.09. The van der Waals surface area contributed by atoms with Gasteiger partial charge in [0.2, 0.25) is 6.79 Å². The highest BCUT2D eigenvalue weighted by atomic mass is 32.1. The highest BCUT2D eigenvalue weighted by molar-refractivity contribution is 7.80. The van der Waals surface area contributed by atoms with Gasteiger partial charge in [0.1, 0.15) is 6.54 Å². The maximum atomic E-state index is 5.64. The number of nitrogens with zero attached hydrogens (tertiary/aromatic N) is 1. The fourth-order valence-electron chi connectivity index (χ4n) is 3.79. The molecule has 142 valence electrons. The Balaban J connectivity index is 1.30. The second kappa shape index (κ2) is 7.74. The van der Waals surface area contributed by atoms with Crippen molar-refractivity contribution < 1.29 is 14.4 Å². The summed E-state index contributed by atoms with van der Waals surface area (Å²) in [6.45, 7) is 9.63. The monoisotopic (exact) mass is 384 g/mol. The maximum absolute atomic E-state index is 5.64. The van der Waals surface area contributed by atoms with Gasteiger partial charge in [0.05, 0.1) is 26.2 Å². The van der Waals surface area contributed by atoms with E-state index < -0.39 is 0 Å². The van der Waals surface area contributed by atoms with Crippen LogP contribution >= 0.6 is 12.2 Å². The van der Waals surface area contributed by atoms with E-state index in [4.69, 9.17) is 21.7 Å². The third-order valence-electron chi connectivity index (χ3n) is 5.12. The predicted octanol–water partition coefficient (Wildman–Crippen LogP) is 2.13. The first-order chi connectivity index (χ1) is 13.1. The Kier molecular flexibility index (Phi) is 5.18. The molecule has 2 aromatic carbocycles. The number of fused-ring (bicyclic) bond motifs is 1. The van der Waals surface area contributed by atoms with E-state index in [1.165, 1.54) is 16.7 Å². The minimum absolute atomic E-state index is 0.329. The van der Waals surface area contributed by atoms with E-state index in [1.54, 1.807) is 4.90 Å². The Hall–Kier alpha value is -2.31. The van der Waals surface area contributed by atoms with Gasteiger partial charge in [0.25, 0.3) is 0 Å². The molecule has 27 heavy (non-hydrogen) atoms. The highest BCUT2D eigenvalue weighted by Crippen LogP contribution is 2.32. The first kappa shape index (κ1) is 18.1. The van der Waals surface area contributed by atoms with Crippen LogP contribution in [0, 0.1) is 13.8 Å². The van der Waals surface area contributed by atoms with Crippen molar-refractivity contribution in [1.29, 1.82) is 0 Å². The molecule has 4 rings (SSSR count). The number of thiocarbonyl (C=S) groups is 1. The number of hydrogen-bond acceptors (Lipinski definition) is 3. The van der Waals surface area contributed by atoms with Crippen molar-refractivity contribution >= 4 is 23.0 Å². The Morgan fingerprint density at radius 1 is 1.04 bits per heavy atom. The van der Waals surface area contributed by atoms with Crippen molar-refractivity contribution in [3.05, 3.63) is 53.1 Å². The molecule has 0 aliphatic carbocycles. The fraction of sp³-hybridized carbons (Fsp3) is 0.381. The normalized spacial score (nSPS) is 16.4. The Bertz CT molecular complexity index is 827. The molecule has 1 fully saturated rings. The van der Waals surface area contributed by atoms with Crippen molar-refractivity contribution in [1.82, 2.24) is 4.90 Å². The van der Waals surface area contributed by atoms with E-state index in [9.17, 15) is 0 Å². The summed E-state index contributed by atoms with van der Waals surface area (Å²) < 4.78 is 10.9. The minimum Gasteiger partial charge on any atom is -0.454 e. The van der Waals surface area contributed by atoms with E-state index in [-0.39, 0.29) is 0 Å². The molecule has 0 radical (unpaired) electrons. The van der Waals surface area contributed by atoms with Crippen molar-refractivity contribution in [2.75, 3.05) is 38.3 Å². The van der Waals surface area contributed by atoms with Gasteiger partial charge in [-0.3, -0.25) is 0 Å². The van der Waals surface area contributed by atoms with Crippen molar-refractivity contribution in [3.63, 3.8) is 0 Å². The summed E-state index contributed by atoms with van der Waals surface area (Å²) in [7, 11) is 0. The zero-order valence-electron chi connectivity index (χ0n) is 15.9. The van der Waals surface area contributed by atoms with Gasteiger partial charge < -0.3 is 24.6 Å².